The number of fused-ring (bicyclic) bond motifs is 1. The largest absolute Gasteiger partial charge is 0.507 e. The Morgan fingerprint density at radius 3 is 2.54 bits per heavy atom. The van der Waals surface area contributed by atoms with Crippen LogP contribution in [0.4, 0.5) is 0 Å². The number of amidine groups is 1. The fourth-order valence-corrected chi connectivity index (χ4v) is 3.18. The molecule has 4 rings (SSSR count). The van der Waals surface area contributed by atoms with Gasteiger partial charge in [0.05, 0.1) is 16.6 Å². The highest BCUT2D eigenvalue weighted by atomic mass is 16.3. The second-order valence-corrected chi connectivity index (χ2v) is 6.49. The summed E-state index contributed by atoms with van der Waals surface area (Å²) >= 11 is 0. The van der Waals surface area contributed by atoms with E-state index in [0.29, 0.717) is 40.1 Å². The molecular weight excluding hydrogens is 354 g/mol. The molecule has 1 heterocycles. The number of hydrogen-bond acceptors (Lipinski definition) is 5. The van der Waals surface area contributed by atoms with Crippen molar-refractivity contribution in [3.05, 3.63) is 65.7 Å². The van der Waals surface area contributed by atoms with Crippen LogP contribution < -0.4 is 11.5 Å². The zero-order valence-electron chi connectivity index (χ0n) is 14.9. The van der Waals surface area contributed by atoms with Gasteiger partial charge in [0.2, 0.25) is 0 Å². The zero-order valence-corrected chi connectivity index (χ0v) is 14.9. The van der Waals surface area contributed by atoms with E-state index in [9.17, 15) is 10.2 Å². The van der Waals surface area contributed by atoms with E-state index in [0.717, 1.165) is 11.1 Å². The third kappa shape index (κ3) is 2.93. The second kappa shape index (κ2) is 6.71. The van der Waals surface area contributed by atoms with E-state index >= 15 is 0 Å². The maximum Gasteiger partial charge on any atom is 0.142 e. The third-order valence-electron chi connectivity index (χ3n) is 4.67. The van der Waals surface area contributed by atoms with Crippen LogP contribution in [0.15, 0.2) is 54.6 Å². The number of aromatic amines is 1. The van der Waals surface area contributed by atoms with Crippen LogP contribution in [0.5, 0.6) is 11.5 Å². The minimum atomic E-state index is -0.0356. The highest BCUT2D eigenvalue weighted by Gasteiger charge is 2.16. The Balaban J connectivity index is 1.85. The zero-order chi connectivity index (χ0) is 19.8. The Morgan fingerprint density at radius 1 is 1.00 bits per heavy atom. The lowest BCUT2D eigenvalue weighted by Gasteiger charge is -2.11. The van der Waals surface area contributed by atoms with Gasteiger partial charge in [0, 0.05) is 23.2 Å². The van der Waals surface area contributed by atoms with Crippen molar-refractivity contribution in [3.63, 3.8) is 0 Å². The van der Waals surface area contributed by atoms with E-state index in [4.69, 9.17) is 16.9 Å². The number of phenolic OH excluding ortho intramolecular Hbond substituents is 2. The van der Waals surface area contributed by atoms with Crippen LogP contribution in [0, 0.1) is 5.41 Å². The summed E-state index contributed by atoms with van der Waals surface area (Å²) < 4.78 is 0. The maximum absolute atomic E-state index is 10.9. The predicted octanol–water partition coefficient (Wildman–Crippen LogP) is 3.05. The molecule has 0 fully saturated rings. The van der Waals surface area contributed by atoms with Crippen LogP contribution in [0.25, 0.3) is 33.5 Å². The quantitative estimate of drug-likeness (QED) is 0.240. The third-order valence-corrected chi connectivity index (χ3v) is 4.67. The predicted molar refractivity (Wildman–Crippen MR) is 109 cm³/mol. The molecule has 0 aliphatic rings. The van der Waals surface area contributed by atoms with E-state index in [1.54, 1.807) is 54.6 Å². The van der Waals surface area contributed by atoms with Crippen LogP contribution in [-0.4, -0.2) is 26.0 Å². The second-order valence-electron chi connectivity index (χ2n) is 6.49. The molecule has 8 N–H and O–H groups in total. The van der Waals surface area contributed by atoms with Crippen molar-refractivity contribution in [2.45, 2.75) is 6.54 Å². The van der Waals surface area contributed by atoms with Gasteiger partial charge in [-0.05, 0) is 42.0 Å². The molecule has 0 aliphatic carbocycles. The van der Waals surface area contributed by atoms with Crippen LogP contribution in [0.1, 0.15) is 11.1 Å². The standard InChI is InChI=1S/C21H19N5O2/c22-10-11-4-7-18(27)15(8-11)13-2-1-3-14(19(13)28)21-25-16-6-5-12(20(23)24)9-17(16)26-21/h1-9,27-28H,10,22H2,(H3,23,24)(H,25,26). The number of imidazole rings is 1. The fraction of sp³-hybridized carbons (Fsp3) is 0.0476. The van der Waals surface area contributed by atoms with E-state index in [1.807, 2.05) is 0 Å². The van der Waals surface area contributed by atoms with Crippen molar-refractivity contribution in [1.82, 2.24) is 9.97 Å². The molecule has 0 bridgehead atoms. The summed E-state index contributed by atoms with van der Waals surface area (Å²) in [6.07, 6.45) is 0. The van der Waals surface area contributed by atoms with Gasteiger partial charge in [-0.15, -0.1) is 0 Å². The van der Waals surface area contributed by atoms with Gasteiger partial charge in [0.15, 0.2) is 0 Å². The normalized spacial score (nSPS) is 11.0. The molecule has 3 aromatic carbocycles. The summed E-state index contributed by atoms with van der Waals surface area (Å²) in [5, 5.41) is 28.7. The number of para-hydroxylation sites is 1. The number of H-pyrrole nitrogens is 1. The molecule has 28 heavy (non-hydrogen) atoms. The van der Waals surface area contributed by atoms with Gasteiger partial charge in [-0.1, -0.05) is 18.2 Å². The SMILES string of the molecule is N=C(N)c1ccc2[nH]c(-c3cccc(-c4cc(CN)ccc4O)c3O)nc2c1. The molecule has 0 amide bonds. The smallest absolute Gasteiger partial charge is 0.142 e. The molecule has 0 unspecified atom stereocenters. The minimum absolute atomic E-state index is 0.00202. The number of nitrogens with zero attached hydrogens (tertiary/aromatic N) is 1. The molecule has 0 atom stereocenters. The first-order valence-corrected chi connectivity index (χ1v) is 8.66. The summed E-state index contributed by atoms with van der Waals surface area (Å²) in [7, 11) is 0. The lowest BCUT2D eigenvalue weighted by Crippen LogP contribution is -2.10. The molecular formula is C21H19N5O2. The molecule has 7 nitrogen and oxygen atoms in total. The Morgan fingerprint density at radius 2 is 1.79 bits per heavy atom. The molecule has 7 heteroatoms. The van der Waals surface area contributed by atoms with Gasteiger partial charge < -0.3 is 26.7 Å². The summed E-state index contributed by atoms with van der Waals surface area (Å²) in [4.78, 5) is 7.70. The van der Waals surface area contributed by atoms with Crippen LogP contribution in [0.3, 0.4) is 0 Å². The lowest BCUT2D eigenvalue weighted by atomic mass is 9.98. The number of aromatic hydroxyl groups is 2. The van der Waals surface area contributed by atoms with Crippen molar-refractivity contribution in [3.8, 4) is 34.0 Å². The van der Waals surface area contributed by atoms with Gasteiger partial charge in [-0.2, -0.15) is 0 Å². The lowest BCUT2D eigenvalue weighted by molar-refractivity contribution is 0.470. The maximum atomic E-state index is 10.9. The molecule has 0 radical (unpaired) electrons. The van der Waals surface area contributed by atoms with E-state index < -0.39 is 0 Å². The van der Waals surface area contributed by atoms with Crippen molar-refractivity contribution < 1.29 is 10.2 Å². The first-order chi connectivity index (χ1) is 13.5. The van der Waals surface area contributed by atoms with Crippen LogP contribution in [0.2, 0.25) is 0 Å². The van der Waals surface area contributed by atoms with Crippen LogP contribution in [-0.2, 0) is 6.54 Å². The minimum Gasteiger partial charge on any atom is -0.507 e. The van der Waals surface area contributed by atoms with Crippen molar-refractivity contribution in [2.75, 3.05) is 0 Å². The number of benzene rings is 3. The van der Waals surface area contributed by atoms with Crippen molar-refractivity contribution >= 4 is 16.9 Å². The van der Waals surface area contributed by atoms with Gasteiger partial charge in [0.25, 0.3) is 0 Å². The average Bonchev–Trinajstić information content (AvgIpc) is 3.11. The number of nitrogens with two attached hydrogens (primary N) is 2. The first kappa shape index (κ1) is 17.6. The van der Waals surface area contributed by atoms with Crippen molar-refractivity contribution in [2.24, 2.45) is 11.5 Å². The Bertz CT molecular complexity index is 1210. The Labute approximate surface area is 160 Å². The van der Waals surface area contributed by atoms with Crippen molar-refractivity contribution in [1.29, 1.82) is 5.41 Å². The molecule has 140 valence electrons. The van der Waals surface area contributed by atoms with E-state index in [1.165, 1.54) is 0 Å². The Hall–Kier alpha value is -3.84. The summed E-state index contributed by atoms with van der Waals surface area (Å²) in [5.74, 6) is 0.495. The van der Waals surface area contributed by atoms with E-state index in [2.05, 4.69) is 9.97 Å². The number of hydrogen-bond donors (Lipinski definition) is 6. The molecule has 0 saturated heterocycles. The van der Waals surface area contributed by atoms with Crippen LogP contribution >= 0.6 is 0 Å². The fourth-order valence-electron chi connectivity index (χ4n) is 3.18. The molecule has 4 aromatic rings. The van der Waals surface area contributed by atoms with E-state index in [-0.39, 0.29) is 17.3 Å². The Kier molecular flexibility index (Phi) is 4.21. The average molecular weight is 373 g/mol. The summed E-state index contributed by atoms with van der Waals surface area (Å²) in [5.41, 5.74) is 15.5. The number of aromatic nitrogens is 2. The molecule has 1 aromatic heterocycles. The van der Waals surface area contributed by atoms with Gasteiger partial charge in [-0.25, -0.2) is 4.98 Å². The first-order valence-electron chi connectivity index (χ1n) is 8.66. The number of nitrogens with one attached hydrogen (secondary N) is 2. The highest BCUT2D eigenvalue weighted by Crippen LogP contribution is 2.41. The van der Waals surface area contributed by atoms with Gasteiger partial charge >= 0.3 is 0 Å². The number of phenols is 2. The summed E-state index contributed by atoms with van der Waals surface area (Å²) in [6, 6.07) is 15.6. The monoisotopic (exact) mass is 373 g/mol. The van der Waals surface area contributed by atoms with Gasteiger partial charge in [0.1, 0.15) is 23.2 Å². The molecule has 0 aliphatic heterocycles. The number of nitrogen functional groups attached to an aromatic ring is 1. The number of rotatable bonds is 4. The van der Waals surface area contributed by atoms with Gasteiger partial charge in [-0.3, -0.25) is 5.41 Å². The topological polar surface area (TPSA) is 145 Å². The molecule has 0 saturated carbocycles. The molecule has 0 spiro atoms. The summed E-state index contributed by atoms with van der Waals surface area (Å²) in [6.45, 7) is 0.329. The highest BCUT2D eigenvalue weighted by molar-refractivity contribution is 5.98.